The van der Waals surface area contributed by atoms with E-state index in [0.29, 0.717) is 12.5 Å². The van der Waals surface area contributed by atoms with Crippen molar-refractivity contribution in [2.24, 2.45) is 0 Å². The van der Waals surface area contributed by atoms with E-state index in [1.165, 1.54) is 18.3 Å². The molecule has 0 aliphatic rings. The number of amides is 1. The van der Waals surface area contributed by atoms with Gasteiger partial charge in [-0.1, -0.05) is 0 Å². The van der Waals surface area contributed by atoms with Crippen LogP contribution in [-0.2, 0) is 20.7 Å². The van der Waals surface area contributed by atoms with E-state index in [2.05, 4.69) is 5.32 Å². The zero-order valence-electron chi connectivity index (χ0n) is 12.6. The number of hydrogen-bond donors (Lipinski definition) is 1. The number of anilines is 1. The molecule has 0 fully saturated rings. The summed E-state index contributed by atoms with van der Waals surface area (Å²) in [5.74, 6) is -6.00. The van der Waals surface area contributed by atoms with E-state index >= 15 is 0 Å². The number of aryl methyl sites for hydroxylation is 1. The van der Waals surface area contributed by atoms with Crippen molar-refractivity contribution < 1.29 is 27.5 Å². The number of hydrogen-bond acceptors (Lipinski definition) is 4. The number of carbonyl (C=O) groups is 2. The zero-order valence-corrected chi connectivity index (χ0v) is 13.5. The summed E-state index contributed by atoms with van der Waals surface area (Å²) in [4.78, 5) is 23.5. The topological polar surface area (TPSA) is 55.4 Å². The molecule has 0 bridgehead atoms. The average Bonchev–Trinajstić information content (AvgIpc) is 3.07. The van der Waals surface area contributed by atoms with Crippen LogP contribution in [0.3, 0.4) is 0 Å². The average molecular weight is 357 g/mol. The first-order valence-electron chi connectivity index (χ1n) is 7.03. The Labute approximate surface area is 140 Å². The Kier molecular flexibility index (Phi) is 5.97. The van der Waals surface area contributed by atoms with Crippen molar-refractivity contribution >= 4 is 28.9 Å². The smallest absolute Gasteiger partial charge is 0.306 e. The Morgan fingerprint density at radius 3 is 2.62 bits per heavy atom. The van der Waals surface area contributed by atoms with Crippen molar-refractivity contribution in [3.8, 4) is 0 Å². The van der Waals surface area contributed by atoms with Crippen LogP contribution < -0.4 is 5.32 Å². The van der Waals surface area contributed by atoms with Crippen LogP contribution in [0.5, 0.6) is 0 Å². The van der Waals surface area contributed by atoms with E-state index in [1.54, 1.807) is 0 Å². The molecule has 1 aromatic heterocycles. The summed E-state index contributed by atoms with van der Waals surface area (Å²) in [5, 5.41) is 5.84. The summed E-state index contributed by atoms with van der Waals surface area (Å²) in [6.07, 6.45) is -0.630. The summed E-state index contributed by atoms with van der Waals surface area (Å²) < 4.78 is 44.4. The molecule has 4 nitrogen and oxygen atoms in total. The second-order valence-electron chi connectivity index (χ2n) is 4.98. The second kappa shape index (κ2) is 7.96. The van der Waals surface area contributed by atoms with Crippen molar-refractivity contribution in [2.75, 3.05) is 5.32 Å². The van der Waals surface area contributed by atoms with E-state index in [0.717, 1.165) is 11.6 Å². The Balaban J connectivity index is 1.88. The third kappa shape index (κ3) is 4.58. The second-order valence-corrected chi connectivity index (χ2v) is 5.76. The molecular formula is C16H14F3NO3S. The number of nitrogens with one attached hydrogen (secondary N) is 1. The van der Waals surface area contributed by atoms with Gasteiger partial charge in [-0.2, -0.15) is 11.3 Å². The molecule has 0 saturated carbocycles. The van der Waals surface area contributed by atoms with Gasteiger partial charge < -0.3 is 10.1 Å². The van der Waals surface area contributed by atoms with Gasteiger partial charge in [-0.05, 0) is 47.9 Å². The van der Waals surface area contributed by atoms with Crippen molar-refractivity contribution in [3.05, 3.63) is 52.0 Å². The standard InChI is InChI=1S/C16H14F3NO3S/c1-9(23-13(21)5-2-10-6-7-24-8-10)16(22)20-12-4-3-11(17)14(18)15(12)19/h3-4,6-9H,2,5H2,1H3,(H,20,22)/t9-/m1/s1. The van der Waals surface area contributed by atoms with Gasteiger partial charge in [0.25, 0.3) is 5.91 Å². The van der Waals surface area contributed by atoms with E-state index in [1.807, 2.05) is 16.8 Å². The largest absolute Gasteiger partial charge is 0.453 e. The van der Waals surface area contributed by atoms with Crippen molar-refractivity contribution in [3.63, 3.8) is 0 Å². The third-order valence-corrected chi connectivity index (χ3v) is 3.90. The van der Waals surface area contributed by atoms with Gasteiger partial charge in [0.2, 0.25) is 0 Å². The lowest BCUT2D eigenvalue weighted by Crippen LogP contribution is -2.30. The molecule has 2 rings (SSSR count). The fourth-order valence-corrected chi connectivity index (χ4v) is 2.55. The van der Waals surface area contributed by atoms with Crippen LogP contribution in [0, 0.1) is 17.5 Å². The van der Waals surface area contributed by atoms with Gasteiger partial charge in [-0.3, -0.25) is 9.59 Å². The number of thiophene rings is 1. The van der Waals surface area contributed by atoms with Gasteiger partial charge in [-0.15, -0.1) is 0 Å². The number of esters is 1. The maximum atomic E-state index is 13.5. The molecule has 1 aromatic carbocycles. The number of ether oxygens (including phenoxy) is 1. The van der Waals surface area contributed by atoms with Crippen LogP contribution >= 0.6 is 11.3 Å². The highest BCUT2D eigenvalue weighted by Gasteiger charge is 2.21. The summed E-state index contributed by atoms with van der Waals surface area (Å²) in [7, 11) is 0. The van der Waals surface area contributed by atoms with Gasteiger partial charge in [0.1, 0.15) is 0 Å². The fraction of sp³-hybridized carbons (Fsp3) is 0.250. The molecule has 8 heteroatoms. The van der Waals surface area contributed by atoms with E-state index in [4.69, 9.17) is 4.74 Å². The van der Waals surface area contributed by atoms with E-state index in [9.17, 15) is 22.8 Å². The van der Waals surface area contributed by atoms with Crippen molar-refractivity contribution in [2.45, 2.75) is 25.9 Å². The summed E-state index contributed by atoms with van der Waals surface area (Å²) in [5.41, 5.74) is 0.456. The molecule has 0 aliphatic heterocycles. The molecule has 0 aliphatic carbocycles. The lowest BCUT2D eigenvalue weighted by molar-refractivity contribution is -0.153. The lowest BCUT2D eigenvalue weighted by Gasteiger charge is -2.14. The Bertz CT molecular complexity index is 734. The van der Waals surface area contributed by atoms with Gasteiger partial charge in [0.05, 0.1) is 5.69 Å². The lowest BCUT2D eigenvalue weighted by atomic mass is 10.2. The Morgan fingerprint density at radius 1 is 1.21 bits per heavy atom. The highest BCUT2D eigenvalue weighted by Crippen LogP contribution is 2.20. The summed E-state index contributed by atoms with van der Waals surface area (Å²) in [6.45, 7) is 1.30. The number of rotatable bonds is 6. The fourth-order valence-electron chi connectivity index (χ4n) is 1.85. The molecule has 0 spiro atoms. The van der Waals surface area contributed by atoms with Gasteiger partial charge >= 0.3 is 5.97 Å². The van der Waals surface area contributed by atoms with Crippen LogP contribution in [0.1, 0.15) is 18.9 Å². The molecule has 2 aromatic rings. The molecule has 1 N–H and O–H groups in total. The monoisotopic (exact) mass is 357 g/mol. The summed E-state index contributed by atoms with van der Waals surface area (Å²) in [6, 6.07) is 3.45. The van der Waals surface area contributed by atoms with Crippen LogP contribution in [0.4, 0.5) is 18.9 Å². The normalized spacial score (nSPS) is 11.8. The Hall–Kier alpha value is -2.35. The van der Waals surface area contributed by atoms with Gasteiger partial charge in [0, 0.05) is 6.42 Å². The predicted molar refractivity (Wildman–Crippen MR) is 83.1 cm³/mol. The first-order valence-corrected chi connectivity index (χ1v) is 7.97. The first kappa shape index (κ1) is 18.0. The van der Waals surface area contributed by atoms with Crippen molar-refractivity contribution in [1.82, 2.24) is 0 Å². The SMILES string of the molecule is C[C@@H](OC(=O)CCc1ccsc1)C(=O)Nc1ccc(F)c(F)c1F. The maximum absolute atomic E-state index is 13.5. The molecule has 1 amide bonds. The van der Waals surface area contributed by atoms with Crippen LogP contribution in [0.2, 0.25) is 0 Å². The molecule has 0 radical (unpaired) electrons. The number of carbonyl (C=O) groups excluding carboxylic acids is 2. The number of halogens is 3. The van der Waals surface area contributed by atoms with Gasteiger partial charge in [-0.25, -0.2) is 13.2 Å². The van der Waals surface area contributed by atoms with Crippen LogP contribution in [-0.4, -0.2) is 18.0 Å². The predicted octanol–water partition coefficient (Wildman–Crippen LogP) is 3.67. The maximum Gasteiger partial charge on any atom is 0.306 e. The van der Waals surface area contributed by atoms with Crippen molar-refractivity contribution in [1.29, 1.82) is 0 Å². The summed E-state index contributed by atoms with van der Waals surface area (Å²) >= 11 is 1.51. The first-order chi connectivity index (χ1) is 11.4. The molecule has 0 unspecified atom stereocenters. The zero-order chi connectivity index (χ0) is 17.7. The van der Waals surface area contributed by atoms with Crippen LogP contribution in [0.15, 0.2) is 29.0 Å². The minimum Gasteiger partial charge on any atom is -0.453 e. The number of benzene rings is 1. The highest BCUT2D eigenvalue weighted by molar-refractivity contribution is 7.07. The minimum absolute atomic E-state index is 0.0912. The molecule has 1 heterocycles. The molecular weight excluding hydrogens is 343 g/mol. The molecule has 128 valence electrons. The van der Waals surface area contributed by atoms with E-state index in [-0.39, 0.29) is 6.42 Å². The molecule has 24 heavy (non-hydrogen) atoms. The highest BCUT2D eigenvalue weighted by atomic mass is 32.1. The van der Waals surface area contributed by atoms with E-state index < -0.39 is 41.1 Å². The van der Waals surface area contributed by atoms with Crippen LogP contribution in [0.25, 0.3) is 0 Å². The molecule has 0 saturated heterocycles. The quantitative estimate of drug-likeness (QED) is 0.634. The molecule has 1 atom stereocenters. The third-order valence-electron chi connectivity index (χ3n) is 3.17. The minimum atomic E-state index is -1.69. The Morgan fingerprint density at radius 2 is 1.96 bits per heavy atom. The van der Waals surface area contributed by atoms with Gasteiger partial charge in [0.15, 0.2) is 23.6 Å².